The van der Waals surface area contributed by atoms with Crippen LogP contribution < -0.4 is 0 Å². The summed E-state index contributed by atoms with van der Waals surface area (Å²) < 4.78 is 9.48. The Hall–Kier alpha value is -1.88. The lowest BCUT2D eigenvalue weighted by Gasteiger charge is -2.08. The normalized spacial score (nSPS) is 10.1. The first kappa shape index (κ1) is 15.2. The molecule has 0 bridgehead atoms. The summed E-state index contributed by atoms with van der Waals surface area (Å²) in [6, 6.07) is 5.01. The number of rotatable bonds is 6. The van der Waals surface area contributed by atoms with Crippen LogP contribution in [0.2, 0.25) is 0 Å². The van der Waals surface area contributed by atoms with Crippen molar-refractivity contribution < 1.29 is 24.2 Å². The van der Waals surface area contributed by atoms with E-state index in [0.29, 0.717) is 24.2 Å². The molecule has 0 aromatic heterocycles. The van der Waals surface area contributed by atoms with Crippen LogP contribution in [0.4, 0.5) is 0 Å². The van der Waals surface area contributed by atoms with E-state index in [1.54, 1.807) is 25.1 Å². The minimum absolute atomic E-state index is 0.168. The Morgan fingerprint density at radius 3 is 2.47 bits per heavy atom. The van der Waals surface area contributed by atoms with Crippen LogP contribution in [0.3, 0.4) is 0 Å². The molecule has 0 spiro atoms. The van der Waals surface area contributed by atoms with Crippen LogP contribution in [0.1, 0.15) is 34.8 Å². The zero-order chi connectivity index (χ0) is 14.3. The Balaban J connectivity index is 2.88. The molecule has 0 amide bonds. The standard InChI is InChI=1S/C14H18O5/c1-3-19-14(17)12-7-10(4-5-13(16)18-2)6-11(8-12)9-15/h6-8,15H,3-5,9H2,1-2H3. The molecule has 5 heteroatoms. The maximum absolute atomic E-state index is 11.7. The average molecular weight is 266 g/mol. The second-order valence-corrected chi connectivity index (χ2v) is 3.99. The second-order valence-electron chi connectivity index (χ2n) is 3.99. The molecule has 1 aromatic rings. The zero-order valence-electron chi connectivity index (χ0n) is 11.1. The molecule has 104 valence electrons. The van der Waals surface area contributed by atoms with Crippen molar-refractivity contribution in [3.05, 3.63) is 34.9 Å². The Kier molecular flexibility index (Phi) is 6.02. The summed E-state index contributed by atoms with van der Waals surface area (Å²) in [5.41, 5.74) is 1.79. The van der Waals surface area contributed by atoms with E-state index in [4.69, 9.17) is 4.74 Å². The molecule has 0 radical (unpaired) electrons. The zero-order valence-corrected chi connectivity index (χ0v) is 11.1. The lowest BCUT2D eigenvalue weighted by molar-refractivity contribution is -0.140. The van der Waals surface area contributed by atoms with Crippen molar-refractivity contribution in [3.63, 3.8) is 0 Å². The summed E-state index contributed by atoms with van der Waals surface area (Å²) in [7, 11) is 1.33. The lowest BCUT2D eigenvalue weighted by Crippen LogP contribution is -2.07. The van der Waals surface area contributed by atoms with E-state index in [9.17, 15) is 14.7 Å². The number of carbonyl (C=O) groups is 2. The maximum atomic E-state index is 11.7. The highest BCUT2D eigenvalue weighted by Crippen LogP contribution is 2.14. The van der Waals surface area contributed by atoms with Crippen molar-refractivity contribution >= 4 is 11.9 Å². The molecule has 0 unspecified atom stereocenters. The molecule has 0 aliphatic rings. The van der Waals surface area contributed by atoms with Gasteiger partial charge in [0.25, 0.3) is 0 Å². The van der Waals surface area contributed by atoms with Crippen molar-refractivity contribution in [2.45, 2.75) is 26.4 Å². The fourth-order valence-electron chi connectivity index (χ4n) is 1.68. The predicted molar refractivity (Wildman–Crippen MR) is 68.7 cm³/mol. The summed E-state index contributed by atoms with van der Waals surface area (Å²) in [4.78, 5) is 22.8. The van der Waals surface area contributed by atoms with Crippen LogP contribution in [0.25, 0.3) is 0 Å². The minimum atomic E-state index is -0.433. The number of hydrogen-bond donors (Lipinski definition) is 1. The molecule has 0 aliphatic carbocycles. The Morgan fingerprint density at radius 2 is 1.89 bits per heavy atom. The van der Waals surface area contributed by atoms with Gasteiger partial charge < -0.3 is 14.6 Å². The molecule has 1 N–H and O–H groups in total. The molecule has 0 saturated heterocycles. The third-order valence-electron chi connectivity index (χ3n) is 2.59. The van der Waals surface area contributed by atoms with E-state index >= 15 is 0 Å². The summed E-state index contributed by atoms with van der Waals surface area (Å²) in [6.07, 6.45) is 0.681. The number of hydrogen-bond acceptors (Lipinski definition) is 5. The average Bonchev–Trinajstić information content (AvgIpc) is 2.44. The first-order chi connectivity index (χ1) is 9.10. The van der Waals surface area contributed by atoms with Crippen molar-refractivity contribution in [1.82, 2.24) is 0 Å². The predicted octanol–water partition coefficient (Wildman–Crippen LogP) is 1.46. The van der Waals surface area contributed by atoms with Gasteiger partial charge in [-0.25, -0.2) is 4.79 Å². The van der Waals surface area contributed by atoms with Crippen LogP contribution in [0.15, 0.2) is 18.2 Å². The Labute approximate surface area is 112 Å². The fraction of sp³-hybridized carbons (Fsp3) is 0.429. The van der Waals surface area contributed by atoms with E-state index in [1.165, 1.54) is 7.11 Å². The van der Waals surface area contributed by atoms with Crippen molar-refractivity contribution in [2.75, 3.05) is 13.7 Å². The molecule has 19 heavy (non-hydrogen) atoms. The number of methoxy groups -OCH3 is 1. The van der Waals surface area contributed by atoms with E-state index < -0.39 is 5.97 Å². The number of aryl methyl sites for hydroxylation is 1. The maximum Gasteiger partial charge on any atom is 0.338 e. The third kappa shape index (κ3) is 4.71. The van der Waals surface area contributed by atoms with Crippen LogP contribution >= 0.6 is 0 Å². The van der Waals surface area contributed by atoms with Gasteiger partial charge in [-0.2, -0.15) is 0 Å². The molecule has 5 nitrogen and oxygen atoms in total. The van der Waals surface area contributed by atoms with Gasteiger partial charge >= 0.3 is 11.9 Å². The van der Waals surface area contributed by atoms with Crippen LogP contribution in [0, 0.1) is 0 Å². The largest absolute Gasteiger partial charge is 0.469 e. The van der Waals surface area contributed by atoms with Gasteiger partial charge in [0.2, 0.25) is 0 Å². The smallest absolute Gasteiger partial charge is 0.338 e. The molecule has 0 heterocycles. The van der Waals surface area contributed by atoms with Gasteiger partial charge in [-0.3, -0.25) is 4.79 Å². The quantitative estimate of drug-likeness (QED) is 0.789. The summed E-state index contributed by atoms with van der Waals surface area (Å²) in [5.74, 6) is -0.746. The van der Waals surface area contributed by atoms with Gasteiger partial charge in [0, 0.05) is 6.42 Å². The van der Waals surface area contributed by atoms with Crippen molar-refractivity contribution in [1.29, 1.82) is 0 Å². The Bertz CT molecular complexity index is 453. The SMILES string of the molecule is CCOC(=O)c1cc(CO)cc(CCC(=O)OC)c1. The van der Waals surface area contributed by atoms with Gasteiger partial charge in [0.05, 0.1) is 25.9 Å². The minimum Gasteiger partial charge on any atom is -0.469 e. The number of benzene rings is 1. The van der Waals surface area contributed by atoms with Crippen molar-refractivity contribution in [3.8, 4) is 0 Å². The number of ether oxygens (including phenoxy) is 2. The third-order valence-corrected chi connectivity index (χ3v) is 2.59. The molecule has 0 saturated carbocycles. The van der Waals surface area contributed by atoms with Gasteiger partial charge in [0.15, 0.2) is 0 Å². The lowest BCUT2D eigenvalue weighted by atomic mass is 10.0. The summed E-state index contributed by atoms with van der Waals surface area (Å²) >= 11 is 0. The first-order valence-corrected chi connectivity index (χ1v) is 6.08. The number of carbonyl (C=O) groups excluding carboxylic acids is 2. The van der Waals surface area contributed by atoms with Gasteiger partial charge in [-0.05, 0) is 36.6 Å². The molecular weight excluding hydrogens is 248 g/mol. The van der Waals surface area contributed by atoms with Crippen LogP contribution in [-0.2, 0) is 27.3 Å². The van der Waals surface area contributed by atoms with E-state index in [0.717, 1.165) is 5.56 Å². The van der Waals surface area contributed by atoms with Gasteiger partial charge in [-0.1, -0.05) is 6.07 Å². The highest BCUT2D eigenvalue weighted by molar-refractivity contribution is 5.89. The summed E-state index contributed by atoms with van der Waals surface area (Å²) in [6.45, 7) is 1.85. The molecule has 0 fully saturated rings. The highest BCUT2D eigenvalue weighted by atomic mass is 16.5. The fourth-order valence-corrected chi connectivity index (χ4v) is 1.68. The van der Waals surface area contributed by atoms with E-state index in [2.05, 4.69) is 4.74 Å². The second kappa shape index (κ2) is 7.53. The monoisotopic (exact) mass is 266 g/mol. The molecule has 1 aromatic carbocycles. The van der Waals surface area contributed by atoms with Crippen LogP contribution in [-0.4, -0.2) is 30.8 Å². The molecule has 0 atom stereocenters. The summed E-state index contributed by atoms with van der Waals surface area (Å²) in [5, 5.41) is 9.18. The molecular formula is C14H18O5. The van der Waals surface area contributed by atoms with E-state index in [1.807, 2.05) is 0 Å². The number of aliphatic hydroxyl groups excluding tert-OH is 1. The molecule has 1 rings (SSSR count). The van der Waals surface area contributed by atoms with Crippen LogP contribution in [0.5, 0.6) is 0 Å². The van der Waals surface area contributed by atoms with Gasteiger partial charge in [0.1, 0.15) is 0 Å². The van der Waals surface area contributed by atoms with Crippen molar-refractivity contribution in [2.24, 2.45) is 0 Å². The number of esters is 2. The topological polar surface area (TPSA) is 72.8 Å². The van der Waals surface area contributed by atoms with Gasteiger partial charge in [-0.15, -0.1) is 0 Å². The highest BCUT2D eigenvalue weighted by Gasteiger charge is 2.10. The first-order valence-electron chi connectivity index (χ1n) is 6.08. The van der Waals surface area contributed by atoms with E-state index in [-0.39, 0.29) is 19.0 Å². The molecule has 0 aliphatic heterocycles. The number of aliphatic hydroxyl groups is 1. The Morgan fingerprint density at radius 1 is 1.21 bits per heavy atom.